The number of carbonyl (C=O) groups is 1. The summed E-state index contributed by atoms with van der Waals surface area (Å²) in [4.78, 5) is 22.4. The number of pyridine rings is 1. The summed E-state index contributed by atoms with van der Waals surface area (Å²) in [7, 11) is 0. The number of nitrogens with zero attached hydrogens (tertiary/aromatic N) is 3. The van der Waals surface area contributed by atoms with Gasteiger partial charge in [-0.25, -0.2) is 4.79 Å². The molecule has 160 valence electrons. The van der Waals surface area contributed by atoms with Crippen molar-refractivity contribution in [2.45, 2.75) is 13.1 Å². The third-order valence-electron chi connectivity index (χ3n) is 4.25. The number of nitrogens with one attached hydrogen (secondary N) is 1. The molecular formula is C19H18ClF3N4O3. The van der Waals surface area contributed by atoms with E-state index in [4.69, 9.17) is 21.2 Å². The standard InChI is InChI=1S/C19H18ClF3N4O3/c1-12(26-30-18(28)25-15-4-2-14(20)3-5-15)17-16(27-6-8-29-9-7-27)10-13(11-24-17)19(21,22)23/h2-5,10-11H,6-9H2,1H3,(H,25,28)/b26-12-. The van der Waals surface area contributed by atoms with Crippen molar-refractivity contribution in [3.05, 3.63) is 52.8 Å². The van der Waals surface area contributed by atoms with Gasteiger partial charge < -0.3 is 9.64 Å². The molecule has 0 saturated carbocycles. The second-order valence-corrected chi connectivity index (χ2v) is 6.81. The van der Waals surface area contributed by atoms with Crippen molar-refractivity contribution in [2.75, 3.05) is 36.5 Å². The normalized spacial score (nSPS) is 15.1. The number of hydrogen-bond acceptors (Lipinski definition) is 6. The number of amides is 1. The number of carbonyl (C=O) groups excluding carboxylic acids is 1. The molecule has 1 fully saturated rings. The first-order valence-electron chi connectivity index (χ1n) is 8.92. The molecule has 2 heterocycles. The Hall–Kier alpha value is -2.85. The van der Waals surface area contributed by atoms with Gasteiger partial charge in [0.15, 0.2) is 0 Å². The molecule has 1 N–H and O–H groups in total. The molecule has 0 atom stereocenters. The van der Waals surface area contributed by atoms with E-state index >= 15 is 0 Å². The number of rotatable bonds is 4. The lowest BCUT2D eigenvalue weighted by molar-refractivity contribution is -0.137. The molecule has 0 unspecified atom stereocenters. The summed E-state index contributed by atoms with van der Waals surface area (Å²) < 4.78 is 44.7. The zero-order chi connectivity index (χ0) is 21.7. The van der Waals surface area contributed by atoms with E-state index in [1.165, 1.54) is 6.92 Å². The van der Waals surface area contributed by atoms with Crippen LogP contribution in [0.3, 0.4) is 0 Å². The number of oxime groups is 1. The largest absolute Gasteiger partial charge is 0.437 e. The minimum absolute atomic E-state index is 0.150. The van der Waals surface area contributed by atoms with Gasteiger partial charge in [0.2, 0.25) is 0 Å². The highest BCUT2D eigenvalue weighted by molar-refractivity contribution is 6.30. The third-order valence-corrected chi connectivity index (χ3v) is 4.50. The molecule has 7 nitrogen and oxygen atoms in total. The molecule has 1 aliphatic heterocycles. The lowest BCUT2D eigenvalue weighted by Crippen LogP contribution is -2.37. The SMILES string of the molecule is C/C(=N/OC(=O)Nc1ccc(Cl)cc1)c1ncc(C(F)(F)F)cc1N1CCOCC1. The van der Waals surface area contributed by atoms with Gasteiger partial charge in [-0.3, -0.25) is 15.1 Å². The number of aromatic nitrogens is 1. The molecule has 2 aromatic rings. The first kappa shape index (κ1) is 21.8. The summed E-state index contributed by atoms with van der Waals surface area (Å²) in [5.41, 5.74) is 0.151. The van der Waals surface area contributed by atoms with Crippen LogP contribution >= 0.6 is 11.6 Å². The monoisotopic (exact) mass is 442 g/mol. The maximum Gasteiger partial charge on any atom is 0.437 e. The molecule has 1 aliphatic rings. The molecule has 30 heavy (non-hydrogen) atoms. The van der Waals surface area contributed by atoms with Crippen LogP contribution in [0.2, 0.25) is 5.02 Å². The van der Waals surface area contributed by atoms with Gasteiger partial charge in [0, 0.05) is 30.0 Å². The molecule has 3 rings (SSSR count). The van der Waals surface area contributed by atoms with Crippen molar-refractivity contribution in [1.29, 1.82) is 0 Å². The van der Waals surface area contributed by atoms with E-state index in [0.29, 0.717) is 37.0 Å². The average Bonchev–Trinajstić information content (AvgIpc) is 2.73. The van der Waals surface area contributed by atoms with Crippen LogP contribution in [0.25, 0.3) is 0 Å². The topological polar surface area (TPSA) is 76.0 Å². The Kier molecular flexibility index (Phi) is 6.78. The van der Waals surface area contributed by atoms with Crippen molar-refractivity contribution >= 4 is 34.8 Å². The van der Waals surface area contributed by atoms with Crippen LogP contribution < -0.4 is 10.2 Å². The van der Waals surface area contributed by atoms with E-state index in [0.717, 1.165) is 12.3 Å². The fourth-order valence-electron chi connectivity index (χ4n) is 2.76. The van der Waals surface area contributed by atoms with Gasteiger partial charge in [-0.05, 0) is 37.3 Å². The van der Waals surface area contributed by atoms with Crippen LogP contribution in [0.1, 0.15) is 18.2 Å². The van der Waals surface area contributed by atoms with Crippen LogP contribution in [0.4, 0.5) is 29.3 Å². The van der Waals surface area contributed by atoms with Crippen LogP contribution in [0, 0.1) is 0 Å². The van der Waals surface area contributed by atoms with Gasteiger partial charge in [0.25, 0.3) is 0 Å². The summed E-state index contributed by atoms with van der Waals surface area (Å²) in [5, 5.41) is 6.70. The molecule has 1 saturated heterocycles. The molecule has 0 spiro atoms. The summed E-state index contributed by atoms with van der Waals surface area (Å²) in [6, 6.07) is 7.35. The van der Waals surface area contributed by atoms with Crippen LogP contribution in [0.15, 0.2) is 41.7 Å². The van der Waals surface area contributed by atoms with E-state index in [1.807, 2.05) is 0 Å². The highest BCUT2D eigenvalue weighted by Crippen LogP contribution is 2.33. The van der Waals surface area contributed by atoms with Gasteiger partial charge in [-0.2, -0.15) is 13.2 Å². The minimum atomic E-state index is -4.54. The van der Waals surface area contributed by atoms with Gasteiger partial charge in [-0.1, -0.05) is 16.8 Å². The molecule has 1 aromatic carbocycles. The Balaban J connectivity index is 1.80. The quantitative estimate of drug-likeness (QED) is 0.426. The minimum Gasteiger partial charge on any atom is -0.378 e. The van der Waals surface area contributed by atoms with Crippen molar-refractivity contribution in [1.82, 2.24) is 4.98 Å². The van der Waals surface area contributed by atoms with E-state index in [2.05, 4.69) is 15.5 Å². The molecule has 1 amide bonds. The molecule has 0 aliphatic carbocycles. The number of anilines is 2. The first-order valence-corrected chi connectivity index (χ1v) is 9.30. The Bertz CT molecular complexity index is 930. The fourth-order valence-corrected chi connectivity index (χ4v) is 2.89. The van der Waals surface area contributed by atoms with Crippen molar-refractivity contribution in [2.24, 2.45) is 5.16 Å². The lowest BCUT2D eigenvalue weighted by atomic mass is 10.1. The average molecular weight is 443 g/mol. The highest BCUT2D eigenvalue weighted by Gasteiger charge is 2.33. The number of ether oxygens (including phenoxy) is 1. The fraction of sp³-hybridized carbons (Fsp3) is 0.316. The number of hydrogen-bond donors (Lipinski definition) is 1. The lowest BCUT2D eigenvalue weighted by Gasteiger charge is -2.30. The Morgan fingerprint density at radius 1 is 1.27 bits per heavy atom. The summed E-state index contributed by atoms with van der Waals surface area (Å²) in [6.07, 6.45) is -4.67. The van der Waals surface area contributed by atoms with Gasteiger partial charge in [0.1, 0.15) is 11.4 Å². The Morgan fingerprint density at radius 2 is 1.93 bits per heavy atom. The van der Waals surface area contributed by atoms with Gasteiger partial charge >= 0.3 is 12.3 Å². The first-order chi connectivity index (χ1) is 14.2. The second-order valence-electron chi connectivity index (χ2n) is 6.38. The van der Waals surface area contributed by atoms with Crippen LogP contribution in [-0.4, -0.2) is 43.1 Å². The number of benzene rings is 1. The third kappa shape index (κ3) is 5.61. The molecule has 11 heteroatoms. The Morgan fingerprint density at radius 3 is 2.57 bits per heavy atom. The summed E-state index contributed by atoms with van der Waals surface area (Å²) in [5.74, 6) is 0. The molecule has 0 bridgehead atoms. The number of alkyl halides is 3. The maximum absolute atomic E-state index is 13.2. The molecular weight excluding hydrogens is 425 g/mol. The smallest absolute Gasteiger partial charge is 0.378 e. The van der Waals surface area contributed by atoms with Crippen LogP contribution in [0.5, 0.6) is 0 Å². The molecule has 1 aromatic heterocycles. The maximum atomic E-state index is 13.2. The predicted molar refractivity (Wildman–Crippen MR) is 106 cm³/mol. The molecule has 0 radical (unpaired) electrons. The van der Waals surface area contributed by atoms with Crippen molar-refractivity contribution < 1.29 is 27.5 Å². The van der Waals surface area contributed by atoms with Crippen molar-refractivity contribution in [3.63, 3.8) is 0 Å². The zero-order valence-corrected chi connectivity index (χ0v) is 16.6. The summed E-state index contributed by atoms with van der Waals surface area (Å²) >= 11 is 5.78. The van der Waals surface area contributed by atoms with E-state index in [1.54, 1.807) is 29.2 Å². The zero-order valence-electron chi connectivity index (χ0n) is 15.9. The number of halogens is 4. The van der Waals surface area contributed by atoms with E-state index in [-0.39, 0.29) is 17.1 Å². The van der Waals surface area contributed by atoms with E-state index < -0.39 is 17.8 Å². The second kappa shape index (κ2) is 9.31. The predicted octanol–water partition coefficient (Wildman–Crippen LogP) is 4.56. The van der Waals surface area contributed by atoms with Crippen LogP contribution in [-0.2, 0) is 15.8 Å². The number of morpholine rings is 1. The van der Waals surface area contributed by atoms with E-state index in [9.17, 15) is 18.0 Å². The highest BCUT2D eigenvalue weighted by atomic mass is 35.5. The summed E-state index contributed by atoms with van der Waals surface area (Å²) in [6.45, 7) is 3.06. The van der Waals surface area contributed by atoms with Crippen molar-refractivity contribution in [3.8, 4) is 0 Å². The van der Waals surface area contributed by atoms with Gasteiger partial charge in [-0.15, -0.1) is 0 Å². The van der Waals surface area contributed by atoms with Gasteiger partial charge in [0.05, 0.1) is 24.5 Å². The Labute approximate surface area is 175 Å².